The van der Waals surface area contributed by atoms with Crippen molar-refractivity contribution in [3.05, 3.63) is 83.7 Å². The number of pyridine rings is 1. The molecule has 2 unspecified atom stereocenters. The number of nitrogens with two attached hydrogens (primary N) is 1. The molecule has 2 aliphatic rings. The summed E-state index contributed by atoms with van der Waals surface area (Å²) in [6.45, 7) is 1.95. The van der Waals surface area contributed by atoms with Gasteiger partial charge in [-0.3, -0.25) is 15.1 Å². The minimum Gasteiger partial charge on any atom is -0.485 e. The molecule has 1 spiro atoms. The summed E-state index contributed by atoms with van der Waals surface area (Å²) in [7, 11) is 0. The average molecular weight is 409 g/mol. The molecular formula is C24H19N5O2. The third-order valence-electron chi connectivity index (χ3n) is 5.97. The van der Waals surface area contributed by atoms with Gasteiger partial charge in [0.1, 0.15) is 17.9 Å². The van der Waals surface area contributed by atoms with E-state index in [1.54, 1.807) is 12.3 Å². The maximum atomic E-state index is 13.2. The lowest BCUT2D eigenvalue weighted by Gasteiger charge is -2.42. The molecule has 5 rings (SSSR count). The lowest BCUT2D eigenvalue weighted by molar-refractivity contribution is -0.128. The Morgan fingerprint density at radius 2 is 1.94 bits per heavy atom. The quantitative estimate of drug-likeness (QED) is 0.675. The van der Waals surface area contributed by atoms with Crippen LogP contribution >= 0.6 is 0 Å². The molecule has 3 heterocycles. The van der Waals surface area contributed by atoms with E-state index in [0.29, 0.717) is 16.9 Å². The Morgan fingerprint density at radius 1 is 1.13 bits per heavy atom. The first-order valence-electron chi connectivity index (χ1n) is 9.91. The van der Waals surface area contributed by atoms with Crippen molar-refractivity contribution in [2.45, 2.75) is 18.6 Å². The van der Waals surface area contributed by atoms with Gasteiger partial charge in [0.2, 0.25) is 0 Å². The fourth-order valence-corrected chi connectivity index (χ4v) is 4.44. The van der Waals surface area contributed by atoms with Crippen LogP contribution in [0.4, 0.5) is 0 Å². The van der Waals surface area contributed by atoms with Crippen molar-refractivity contribution in [3.8, 4) is 22.9 Å². The maximum Gasteiger partial charge on any atom is 0.259 e. The number of aromatic nitrogens is 1. The third kappa shape index (κ3) is 2.84. The monoisotopic (exact) mass is 409 g/mol. The van der Waals surface area contributed by atoms with Crippen molar-refractivity contribution in [2.24, 2.45) is 16.6 Å². The van der Waals surface area contributed by atoms with Crippen LogP contribution in [0.5, 0.6) is 5.75 Å². The van der Waals surface area contributed by atoms with Gasteiger partial charge in [-0.2, -0.15) is 5.26 Å². The Labute approximate surface area is 179 Å². The SMILES string of the molecule is CC1[C@H](c2ccccc2)Oc2ccc(-c3cncc(C#N)c3)cc2C12N=C(N)NC2=O. The minimum absolute atomic E-state index is 0.0926. The van der Waals surface area contributed by atoms with Gasteiger partial charge in [0.25, 0.3) is 5.91 Å². The fraction of sp³-hybridized carbons (Fsp3) is 0.167. The number of nitriles is 1. The van der Waals surface area contributed by atoms with Crippen LogP contribution in [0.2, 0.25) is 0 Å². The van der Waals surface area contributed by atoms with Crippen LogP contribution in [-0.2, 0) is 10.3 Å². The summed E-state index contributed by atoms with van der Waals surface area (Å²) in [6, 6.07) is 19.3. The first-order valence-corrected chi connectivity index (χ1v) is 9.91. The number of hydrogen-bond donors (Lipinski definition) is 2. The zero-order valence-electron chi connectivity index (χ0n) is 16.7. The smallest absolute Gasteiger partial charge is 0.259 e. The number of benzene rings is 2. The first-order chi connectivity index (χ1) is 15.0. The Kier molecular flexibility index (Phi) is 4.22. The van der Waals surface area contributed by atoms with Gasteiger partial charge in [-0.05, 0) is 29.3 Å². The van der Waals surface area contributed by atoms with Crippen molar-refractivity contribution in [1.82, 2.24) is 10.3 Å². The van der Waals surface area contributed by atoms with Gasteiger partial charge in [-0.25, -0.2) is 4.99 Å². The highest BCUT2D eigenvalue weighted by atomic mass is 16.5. The number of aliphatic imine (C=N–C) groups is 1. The van der Waals surface area contributed by atoms with E-state index in [9.17, 15) is 10.1 Å². The molecule has 0 fully saturated rings. The summed E-state index contributed by atoms with van der Waals surface area (Å²) >= 11 is 0. The van der Waals surface area contributed by atoms with Crippen molar-refractivity contribution in [2.75, 3.05) is 0 Å². The molecule has 0 saturated carbocycles. The number of carbonyl (C=O) groups excluding carboxylic acids is 1. The Hall–Kier alpha value is -4.18. The van der Waals surface area contributed by atoms with Gasteiger partial charge >= 0.3 is 0 Å². The number of nitrogens with zero attached hydrogens (tertiary/aromatic N) is 3. The lowest BCUT2D eigenvalue weighted by Crippen LogP contribution is -2.48. The molecule has 3 N–H and O–H groups in total. The summed E-state index contributed by atoms with van der Waals surface area (Å²) in [4.78, 5) is 22.0. The van der Waals surface area contributed by atoms with Crippen molar-refractivity contribution >= 4 is 11.9 Å². The molecule has 2 aliphatic heterocycles. The molecule has 3 aromatic rings. The molecule has 152 valence electrons. The van der Waals surface area contributed by atoms with Gasteiger partial charge < -0.3 is 10.5 Å². The van der Waals surface area contributed by atoms with Crippen LogP contribution in [0.25, 0.3) is 11.1 Å². The van der Waals surface area contributed by atoms with E-state index in [2.05, 4.69) is 21.4 Å². The summed E-state index contributed by atoms with van der Waals surface area (Å²) < 4.78 is 6.38. The highest BCUT2D eigenvalue weighted by molar-refractivity contribution is 6.08. The highest BCUT2D eigenvalue weighted by Gasteiger charge is 2.56. The lowest BCUT2D eigenvalue weighted by atomic mass is 9.72. The Morgan fingerprint density at radius 3 is 2.65 bits per heavy atom. The summed E-state index contributed by atoms with van der Waals surface area (Å²) in [5.74, 6) is 0.0788. The minimum atomic E-state index is -1.21. The second kappa shape index (κ2) is 6.96. The molecule has 31 heavy (non-hydrogen) atoms. The maximum absolute atomic E-state index is 13.2. The van der Waals surface area contributed by atoms with Crippen LogP contribution < -0.4 is 15.8 Å². The molecule has 1 amide bonds. The van der Waals surface area contributed by atoms with Crippen LogP contribution in [0.1, 0.15) is 29.7 Å². The summed E-state index contributed by atoms with van der Waals surface area (Å²) in [5, 5.41) is 11.9. The molecular weight excluding hydrogens is 390 g/mol. The molecule has 0 aliphatic carbocycles. The molecule has 7 heteroatoms. The molecule has 1 aromatic heterocycles. The van der Waals surface area contributed by atoms with E-state index >= 15 is 0 Å². The number of ether oxygens (including phenoxy) is 1. The Balaban J connectivity index is 1.70. The number of amides is 1. The summed E-state index contributed by atoms with van der Waals surface area (Å²) in [6.07, 6.45) is 2.82. The standard InChI is InChI=1S/C24H19N5O2/c1-14-21(16-5-3-2-4-6-16)31-20-8-7-17(18-9-15(11-25)12-27-13-18)10-19(20)24(14)22(30)28-23(26)29-24/h2-10,12-14,21H,1H3,(H3,26,28,29,30)/t14?,21-,24?/m1/s1. The summed E-state index contributed by atoms with van der Waals surface area (Å²) in [5.41, 5.74) is 8.38. The predicted molar refractivity (Wildman–Crippen MR) is 115 cm³/mol. The van der Waals surface area contributed by atoms with Crippen molar-refractivity contribution in [3.63, 3.8) is 0 Å². The van der Waals surface area contributed by atoms with Crippen LogP contribution in [0, 0.1) is 17.2 Å². The van der Waals surface area contributed by atoms with E-state index in [-0.39, 0.29) is 23.9 Å². The number of carbonyl (C=O) groups is 1. The predicted octanol–water partition coefficient (Wildman–Crippen LogP) is 3.03. The number of hydrogen-bond acceptors (Lipinski definition) is 6. The van der Waals surface area contributed by atoms with Gasteiger partial charge in [0, 0.05) is 29.4 Å². The topological polar surface area (TPSA) is 113 Å². The van der Waals surface area contributed by atoms with E-state index in [0.717, 1.165) is 16.7 Å². The van der Waals surface area contributed by atoms with Crippen LogP contribution in [0.3, 0.4) is 0 Å². The van der Waals surface area contributed by atoms with Crippen LogP contribution in [-0.4, -0.2) is 16.9 Å². The molecule has 7 nitrogen and oxygen atoms in total. The molecule has 0 bridgehead atoms. The molecule has 2 aromatic carbocycles. The molecule has 0 saturated heterocycles. The molecule has 0 radical (unpaired) electrons. The average Bonchev–Trinajstić information content (AvgIpc) is 3.11. The molecule has 3 atom stereocenters. The van der Waals surface area contributed by atoms with E-state index < -0.39 is 5.54 Å². The van der Waals surface area contributed by atoms with Crippen LogP contribution in [0.15, 0.2) is 72.0 Å². The Bertz CT molecular complexity index is 1260. The highest BCUT2D eigenvalue weighted by Crippen LogP contribution is 2.52. The van der Waals surface area contributed by atoms with Gasteiger partial charge in [-0.1, -0.05) is 43.3 Å². The van der Waals surface area contributed by atoms with Crippen molar-refractivity contribution < 1.29 is 9.53 Å². The van der Waals surface area contributed by atoms with Crippen molar-refractivity contribution in [1.29, 1.82) is 5.26 Å². The first kappa shape index (κ1) is 18.8. The van der Waals surface area contributed by atoms with E-state index in [1.807, 2.05) is 55.5 Å². The normalized spacial score (nSPS) is 24.0. The second-order valence-corrected chi connectivity index (χ2v) is 7.74. The van der Waals surface area contributed by atoms with E-state index in [1.165, 1.54) is 6.20 Å². The fourth-order valence-electron chi connectivity index (χ4n) is 4.44. The zero-order chi connectivity index (χ0) is 21.6. The number of nitrogens with one attached hydrogen (secondary N) is 1. The van der Waals surface area contributed by atoms with E-state index in [4.69, 9.17) is 10.5 Å². The number of fused-ring (bicyclic) bond motifs is 2. The van der Waals surface area contributed by atoms with Gasteiger partial charge in [0.15, 0.2) is 11.5 Å². The third-order valence-corrected chi connectivity index (χ3v) is 5.97. The largest absolute Gasteiger partial charge is 0.485 e. The second-order valence-electron chi connectivity index (χ2n) is 7.74. The number of guanidine groups is 1. The number of rotatable bonds is 2. The zero-order valence-corrected chi connectivity index (χ0v) is 16.7. The van der Waals surface area contributed by atoms with Gasteiger partial charge in [-0.15, -0.1) is 0 Å². The van der Waals surface area contributed by atoms with Gasteiger partial charge in [0.05, 0.1) is 5.56 Å².